The predicted molar refractivity (Wildman–Crippen MR) is 198 cm³/mol. The molecule has 3 aromatic rings. The van der Waals surface area contributed by atoms with E-state index in [1.807, 2.05) is 0 Å². The van der Waals surface area contributed by atoms with Crippen LogP contribution < -0.4 is 20.1 Å². The van der Waals surface area contributed by atoms with E-state index in [9.17, 15) is 65.7 Å². The van der Waals surface area contributed by atoms with Crippen LogP contribution in [-0.4, -0.2) is 91.2 Å². The summed E-state index contributed by atoms with van der Waals surface area (Å²) in [5, 5.41) is 24.2. The van der Waals surface area contributed by atoms with Gasteiger partial charge in [-0.05, 0) is 72.7 Å². The van der Waals surface area contributed by atoms with Crippen LogP contribution in [0.4, 0.5) is 33.3 Å². The number of halogens is 5. The Hall–Kier alpha value is -6.86. The van der Waals surface area contributed by atoms with Gasteiger partial charge in [-0.25, -0.2) is 14.4 Å². The average Bonchev–Trinajstić information content (AvgIpc) is 3.18. The topological polar surface area (TPSA) is 221 Å². The maximum absolute atomic E-state index is 13.0. The summed E-state index contributed by atoms with van der Waals surface area (Å²) >= 11 is 0. The maximum Gasteiger partial charge on any atom is 0.453 e. The van der Waals surface area contributed by atoms with E-state index in [1.54, 1.807) is 12.1 Å². The monoisotopic (exact) mass is 848 g/mol. The molecule has 0 aliphatic heterocycles. The number of carbonyl (C=O) groups is 7. The molecule has 0 aromatic heterocycles. The molecule has 0 radical (unpaired) electrons. The molecule has 20 heteroatoms. The number of carboxylic acid groups (broad SMARTS) is 2. The van der Waals surface area contributed by atoms with Gasteiger partial charge in [0.2, 0.25) is 5.91 Å². The Labute approximate surface area is 337 Å². The maximum atomic E-state index is 13.0. The van der Waals surface area contributed by atoms with Crippen molar-refractivity contribution in [2.45, 2.75) is 31.4 Å². The number of aldehydes is 1. The molecule has 320 valence electrons. The molecule has 0 heterocycles. The summed E-state index contributed by atoms with van der Waals surface area (Å²) in [5.74, 6) is -16.8. The number of ether oxygens (including phenoxy) is 4. The Balaban J connectivity index is 1.18. The van der Waals surface area contributed by atoms with Crippen molar-refractivity contribution in [3.63, 3.8) is 0 Å². The number of nitrogens with one attached hydrogen (secondary N) is 2. The quantitative estimate of drug-likeness (QED) is 0.0260. The van der Waals surface area contributed by atoms with Crippen molar-refractivity contribution < 1.29 is 84.7 Å². The van der Waals surface area contributed by atoms with Crippen LogP contribution in [0.2, 0.25) is 0 Å². The van der Waals surface area contributed by atoms with Crippen molar-refractivity contribution in [2.24, 2.45) is 23.7 Å². The third-order valence-corrected chi connectivity index (χ3v) is 9.04. The Morgan fingerprint density at radius 1 is 0.717 bits per heavy atom. The van der Waals surface area contributed by atoms with E-state index in [1.165, 1.54) is 67.7 Å². The molecule has 0 spiro atoms. The number of rotatable bonds is 20. The van der Waals surface area contributed by atoms with E-state index in [0.717, 1.165) is 6.08 Å². The van der Waals surface area contributed by atoms with Gasteiger partial charge in [-0.2, -0.15) is 22.0 Å². The number of amides is 1. The van der Waals surface area contributed by atoms with Gasteiger partial charge < -0.3 is 44.6 Å². The summed E-state index contributed by atoms with van der Waals surface area (Å²) in [6, 6.07) is 15.3. The molecule has 15 nitrogen and oxygen atoms in total. The molecule has 4 rings (SSSR count). The highest BCUT2D eigenvalue weighted by Gasteiger charge is 2.61. The number of benzene rings is 3. The lowest BCUT2D eigenvalue weighted by atomic mass is 9.56. The van der Waals surface area contributed by atoms with Gasteiger partial charge in [0.1, 0.15) is 17.8 Å². The Kier molecular flexibility index (Phi) is 15.4. The SMILES string of the molecule is CNc1cc(NC(=O)C2C(C(=O)O)C(C=O)C2C(=O)O)cc(C(=O)OCCCOC(=O)C=Cc2ccc(OC(=O)c3ccc(OCCCC(F)(F)C(F)(F)F)cc3)cc2)c1. The lowest BCUT2D eigenvalue weighted by molar-refractivity contribution is -0.284. The molecule has 0 bridgehead atoms. The van der Waals surface area contributed by atoms with E-state index in [4.69, 9.17) is 18.9 Å². The number of hydrogen-bond acceptors (Lipinski definition) is 12. The third kappa shape index (κ3) is 12.1. The number of carbonyl (C=O) groups excluding carboxylic acids is 5. The first-order valence-corrected chi connectivity index (χ1v) is 17.9. The highest BCUT2D eigenvalue weighted by Crippen LogP contribution is 2.46. The van der Waals surface area contributed by atoms with E-state index in [-0.39, 0.29) is 54.2 Å². The van der Waals surface area contributed by atoms with Gasteiger partial charge in [0.15, 0.2) is 0 Å². The van der Waals surface area contributed by atoms with Crippen molar-refractivity contribution in [3.8, 4) is 11.5 Å². The summed E-state index contributed by atoms with van der Waals surface area (Å²) in [7, 11) is 1.52. The molecule has 0 saturated heterocycles. The van der Waals surface area contributed by atoms with E-state index < -0.39 is 91.0 Å². The molecule has 1 saturated carbocycles. The molecule has 3 aromatic carbocycles. The Morgan fingerprint density at radius 2 is 1.32 bits per heavy atom. The molecule has 4 N–H and O–H groups in total. The molecular formula is C40H37F5N2O13. The van der Waals surface area contributed by atoms with Gasteiger partial charge in [0.05, 0.1) is 48.7 Å². The summed E-state index contributed by atoms with van der Waals surface area (Å²) in [5.41, 5.74) is 0.984. The number of anilines is 2. The van der Waals surface area contributed by atoms with Gasteiger partial charge >= 0.3 is 41.9 Å². The average molecular weight is 849 g/mol. The molecule has 1 aliphatic rings. The van der Waals surface area contributed by atoms with Crippen molar-refractivity contribution in [1.29, 1.82) is 0 Å². The Bertz CT molecular complexity index is 2070. The van der Waals surface area contributed by atoms with E-state index >= 15 is 0 Å². The normalized spacial score (nSPS) is 17.4. The summed E-state index contributed by atoms with van der Waals surface area (Å²) in [6.45, 7) is -0.702. The summed E-state index contributed by atoms with van der Waals surface area (Å²) in [4.78, 5) is 85.1. The Morgan fingerprint density at radius 3 is 1.90 bits per heavy atom. The van der Waals surface area contributed by atoms with Crippen molar-refractivity contribution in [2.75, 3.05) is 37.5 Å². The van der Waals surface area contributed by atoms with Crippen LogP contribution in [0.25, 0.3) is 6.08 Å². The number of alkyl halides is 5. The van der Waals surface area contributed by atoms with Gasteiger partial charge in [-0.15, -0.1) is 0 Å². The third-order valence-electron chi connectivity index (χ3n) is 9.04. The van der Waals surface area contributed by atoms with Crippen molar-refractivity contribution in [1.82, 2.24) is 0 Å². The second kappa shape index (κ2) is 20.2. The standard InChI is InChI=1S/C40H37F5N2O13/c1-46-25-18-24(19-26(20-25)47-34(50)33-31(35(51)52)29(21-48)32(33)36(53)54)37(55)59-17-3-16-58-30(49)13-6-22-4-9-28(10-5-22)60-38(56)23-7-11-27(12-8-23)57-15-2-14-39(41,42)40(43,44)45/h4-13,18-21,29,31-33,46H,2-3,14-17H2,1H3,(H,47,50)(H,51,52)(H,53,54). The number of hydrogen-bond donors (Lipinski definition) is 4. The molecule has 1 amide bonds. The van der Waals surface area contributed by atoms with Crippen molar-refractivity contribution >= 4 is 59.5 Å². The van der Waals surface area contributed by atoms with Crippen LogP contribution >= 0.6 is 0 Å². The molecule has 60 heavy (non-hydrogen) atoms. The first kappa shape index (κ1) is 45.8. The first-order valence-electron chi connectivity index (χ1n) is 17.9. The second-order valence-electron chi connectivity index (χ2n) is 13.1. The highest BCUT2D eigenvalue weighted by atomic mass is 19.4. The minimum Gasteiger partial charge on any atom is -0.494 e. The molecule has 2 atom stereocenters. The second-order valence-corrected chi connectivity index (χ2v) is 13.1. The highest BCUT2D eigenvalue weighted by molar-refractivity contribution is 6.03. The molecule has 2 unspecified atom stereocenters. The van der Waals surface area contributed by atoms with Crippen LogP contribution in [0.1, 0.15) is 45.5 Å². The fourth-order valence-corrected chi connectivity index (χ4v) is 5.92. The lowest BCUT2D eigenvalue weighted by Gasteiger charge is -2.43. The summed E-state index contributed by atoms with van der Waals surface area (Å²) in [6.07, 6.45) is -4.75. The fourth-order valence-electron chi connectivity index (χ4n) is 5.92. The zero-order valence-electron chi connectivity index (χ0n) is 31.4. The van der Waals surface area contributed by atoms with Crippen LogP contribution in [0, 0.1) is 23.7 Å². The minimum atomic E-state index is -5.64. The van der Waals surface area contributed by atoms with Crippen LogP contribution in [0.15, 0.2) is 72.8 Å². The zero-order valence-corrected chi connectivity index (χ0v) is 31.4. The molecule has 1 aliphatic carbocycles. The van der Waals surface area contributed by atoms with Gasteiger partial charge in [0.25, 0.3) is 0 Å². The van der Waals surface area contributed by atoms with Gasteiger partial charge in [-0.1, -0.05) is 12.1 Å². The summed E-state index contributed by atoms with van der Waals surface area (Å²) < 4.78 is 83.6. The first-order chi connectivity index (χ1) is 28.3. The van der Waals surface area contributed by atoms with Crippen LogP contribution in [-0.2, 0) is 33.4 Å². The number of esters is 3. The van der Waals surface area contributed by atoms with Crippen molar-refractivity contribution in [3.05, 3.63) is 89.5 Å². The largest absolute Gasteiger partial charge is 0.494 e. The van der Waals surface area contributed by atoms with Crippen LogP contribution in [0.3, 0.4) is 0 Å². The van der Waals surface area contributed by atoms with E-state index in [0.29, 0.717) is 11.3 Å². The zero-order chi connectivity index (χ0) is 44.2. The fraction of sp³-hybridized carbons (Fsp3) is 0.325. The minimum absolute atomic E-state index is 0.0254. The molecular weight excluding hydrogens is 811 g/mol. The van der Waals surface area contributed by atoms with Gasteiger partial charge in [-0.3, -0.25) is 14.4 Å². The number of aliphatic carboxylic acids is 2. The smallest absolute Gasteiger partial charge is 0.453 e. The molecule has 1 fully saturated rings. The number of carboxylic acids is 2. The predicted octanol–water partition coefficient (Wildman–Crippen LogP) is 5.89. The van der Waals surface area contributed by atoms with Gasteiger partial charge in [0, 0.05) is 43.3 Å². The lowest BCUT2D eigenvalue weighted by Crippen LogP contribution is -2.59. The van der Waals surface area contributed by atoms with E-state index in [2.05, 4.69) is 10.6 Å². The van der Waals surface area contributed by atoms with Crippen LogP contribution in [0.5, 0.6) is 11.5 Å².